The van der Waals surface area contributed by atoms with Gasteiger partial charge in [-0.2, -0.15) is 0 Å². The highest BCUT2D eigenvalue weighted by Gasteiger charge is 2.23. The molecule has 1 aliphatic heterocycles. The van der Waals surface area contributed by atoms with Crippen molar-refractivity contribution in [1.82, 2.24) is 19.6 Å². The van der Waals surface area contributed by atoms with Crippen molar-refractivity contribution < 1.29 is 13.9 Å². The number of urea groups is 1. The van der Waals surface area contributed by atoms with Crippen LogP contribution >= 0.6 is 0 Å². The van der Waals surface area contributed by atoms with Crippen LogP contribution in [0.2, 0.25) is 0 Å². The Labute approximate surface area is 175 Å². The van der Waals surface area contributed by atoms with E-state index < -0.39 is 0 Å². The van der Waals surface area contributed by atoms with Crippen molar-refractivity contribution in [2.75, 3.05) is 38.5 Å². The first-order valence-corrected chi connectivity index (χ1v) is 10.1. The van der Waals surface area contributed by atoms with Crippen LogP contribution in [0.5, 0.6) is 5.75 Å². The standard InChI is InChI=1S/C22H26FN5O2/c1-15(2)30-19-6-4-5-18-20(19)21(24-22(29)27-13-11-26(3)12-14-27)25-28(18)17-9-7-16(23)8-10-17/h4-10,15H,11-14H2,1-3H3,(H,24,25,29). The Kier molecular flexibility index (Phi) is 5.59. The van der Waals surface area contributed by atoms with Crippen molar-refractivity contribution in [3.63, 3.8) is 0 Å². The number of amides is 2. The lowest BCUT2D eigenvalue weighted by molar-refractivity contribution is 0.164. The zero-order valence-corrected chi connectivity index (χ0v) is 17.4. The second kappa shape index (κ2) is 8.31. The van der Waals surface area contributed by atoms with Crippen LogP contribution in [0.1, 0.15) is 13.8 Å². The number of anilines is 1. The Morgan fingerprint density at radius 1 is 1.10 bits per heavy atom. The molecule has 1 aromatic heterocycles. The predicted molar refractivity (Wildman–Crippen MR) is 115 cm³/mol. The number of benzene rings is 2. The van der Waals surface area contributed by atoms with Gasteiger partial charge in [-0.05, 0) is 57.3 Å². The van der Waals surface area contributed by atoms with E-state index >= 15 is 0 Å². The van der Waals surface area contributed by atoms with Gasteiger partial charge in [-0.15, -0.1) is 5.10 Å². The van der Waals surface area contributed by atoms with E-state index in [9.17, 15) is 9.18 Å². The van der Waals surface area contributed by atoms with Crippen LogP contribution in [0, 0.1) is 5.82 Å². The molecule has 7 nitrogen and oxygen atoms in total. The van der Waals surface area contributed by atoms with Gasteiger partial charge in [0.1, 0.15) is 11.6 Å². The van der Waals surface area contributed by atoms with Crippen molar-refractivity contribution in [3.05, 3.63) is 48.3 Å². The lowest BCUT2D eigenvalue weighted by Crippen LogP contribution is -2.48. The van der Waals surface area contributed by atoms with E-state index in [1.807, 2.05) is 39.1 Å². The van der Waals surface area contributed by atoms with Gasteiger partial charge in [0.25, 0.3) is 0 Å². The highest BCUT2D eigenvalue weighted by Crippen LogP contribution is 2.34. The molecule has 158 valence electrons. The second-order valence-corrected chi connectivity index (χ2v) is 7.77. The first-order valence-electron chi connectivity index (χ1n) is 10.1. The van der Waals surface area contributed by atoms with Gasteiger partial charge in [0, 0.05) is 26.2 Å². The van der Waals surface area contributed by atoms with Gasteiger partial charge < -0.3 is 14.5 Å². The number of ether oxygens (including phenoxy) is 1. The van der Waals surface area contributed by atoms with Crippen LogP contribution in [0.4, 0.5) is 15.0 Å². The Morgan fingerprint density at radius 3 is 2.47 bits per heavy atom. The molecule has 2 heterocycles. The van der Waals surface area contributed by atoms with Crippen molar-refractivity contribution in [2.45, 2.75) is 20.0 Å². The van der Waals surface area contributed by atoms with Gasteiger partial charge in [0.05, 0.1) is 22.7 Å². The molecular formula is C22H26FN5O2. The number of carbonyl (C=O) groups excluding carboxylic acids is 1. The van der Waals surface area contributed by atoms with Crippen LogP contribution in [-0.4, -0.2) is 64.9 Å². The number of likely N-dealkylation sites (N-methyl/N-ethyl adjacent to an activating group) is 1. The molecule has 2 aromatic carbocycles. The summed E-state index contributed by atoms with van der Waals surface area (Å²) in [7, 11) is 2.04. The van der Waals surface area contributed by atoms with Gasteiger partial charge in [-0.1, -0.05) is 6.07 Å². The maximum Gasteiger partial charge on any atom is 0.323 e. The number of nitrogens with zero attached hydrogens (tertiary/aromatic N) is 4. The SMILES string of the molecule is CC(C)Oc1cccc2c1c(NC(=O)N1CCN(C)CC1)nn2-c1ccc(F)cc1. The maximum atomic E-state index is 13.4. The Balaban J connectivity index is 1.75. The van der Waals surface area contributed by atoms with Crippen molar-refractivity contribution in [2.24, 2.45) is 0 Å². The monoisotopic (exact) mass is 411 g/mol. The fourth-order valence-corrected chi connectivity index (χ4v) is 3.55. The number of aromatic nitrogens is 2. The molecule has 2 amide bonds. The quantitative estimate of drug-likeness (QED) is 0.711. The number of nitrogens with one attached hydrogen (secondary N) is 1. The van der Waals surface area contributed by atoms with Crippen molar-refractivity contribution in [1.29, 1.82) is 0 Å². The van der Waals surface area contributed by atoms with Gasteiger partial charge >= 0.3 is 6.03 Å². The van der Waals surface area contributed by atoms with Crippen LogP contribution < -0.4 is 10.1 Å². The molecule has 4 rings (SSSR count). The van der Waals surface area contributed by atoms with Gasteiger partial charge in [-0.25, -0.2) is 13.9 Å². The fourth-order valence-electron chi connectivity index (χ4n) is 3.55. The summed E-state index contributed by atoms with van der Waals surface area (Å²) in [5.41, 5.74) is 1.47. The summed E-state index contributed by atoms with van der Waals surface area (Å²) in [5, 5.41) is 8.34. The first-order chi connectivity index (χ1) is 14.4. The molecule has 1 fully saturated rings. The molecular weight excluding hydrogens is 385 g/mol. The normalized spacial score (nSPS) is 15.0. The number of hydrogen-bond acceptors (Lipinski definition) is 4. The highest BCUT2D eigenvalue weighted by molar-refractivity contribution is 6.02. The highest BCUT2D eigenvalue weighted by atomic mass is 19.1. The number of fused-ring (bicyclic) bond motifs is 1. The average Bonchev–Trinajstić information content (AvgIpc) is 3.08. The largest absolute Gasteiger partial charge is 0.490 e. The summed E-state index contributed by atoms with van der Waals surface area (Å²) in [6.07, 6.45) is -0.0362. The lowest BCUT2D eigenvalue weighted by atomic mass is 10.2. The van der Waals surface area contributed by atoms with E-state index in [4.69, 9.17) is 4.74 Å². The van der Waals surface area contributed by atoms with Gasteiger partial charge in [0.2, 0.25) is 0 Å². The van der Waals surface area contributed by atoms with Crippen molar-refractivity contribution in [3.8, 4) is 11.4 Å². The third kappa shape index (κ3) is 4.09. The van der Waals surface area contributed by atoms with Crippen LogP contribution in [0.3, 0.4) is 0 Å². The van der Waals surface area contributed by atoms with E-state index in [0.29, 0.717) is 30.3 Å². The second-order valence-electron chi connectivity index (χ2n) is 7.77. The summed E-state index contributed by atoms with van der Waals surface area (Å²) < 4.78 is 21.1. The third-order valence-electron chi connectivity index (χ3n) is 5.12. The van der Waals surface area contributed by atoms with Crippen LogP contribution in [0.15, 0.2) is 42.5 Å². The molecule has 0 aliphatic carbocycles. The molecule has 0 atom stereocenters. The van der Waals surface area contributed by atoms with E-state index in [2.05, 4.69) is 15.3 Å². The van der Waals surface area contributed by atoms with E-state index in [1.165, 1.54) is 12.1 Å². The van der Waals surface area contributed by atoms with E-state index in [1.54, 1.807) is 21.7 Å². The fraction of sp³-hybridized carbons (Fsp3) is 0.364. The molecule has 0 saturated carbocycles. The minimum atomic E-state index is -0.317. The van der Waals surface area contributed by atoms with Gasteiger partial charge in [-0.3, -0.25) is 5.32 Å². The third-order valence-corrected chi connectivity index (χ3v) is 5.12. The lowest BCUT2D eigenvalue weighted by Gasteiger charge is -2.32. The Hall–Kier alpha value is -3.13. The van der Waals surface area contributed by atoms with E-state index in [-0.39, 0.29) is 18.0 Å². The minimum absolute atomic E-state index is 0.0362. The zero-order chi connectivity index (χ0) is 21.3. The van der Waals surface area contributed by atoms with E-state index in [0.717, 1.165) is 24.0 Å². The number of rotatable bonds is 4. The summed E-state index contributed by atoms with van der Waals surface area (Å²) in [4.78, 5) is 16.9. The topological polar surface area (TPSA) is 62.6 Å². The number of halogens is 1. The Morgan fingerprint density at radius 2 is 1.80 bits per heavy atom. The molecule has 30 heavy (non-hydrogen) atoms. The summed E-state index contributed by atoms with van der Waals surface area (Å²) in [6.45, 7) is 6.89. The van der Waals surface area contributed by atoms with Gasteiger partial charge in [0.15, 0.2) is 5.82 Å². The summed E-state index contributed by atoms with van der Waals surface area (Å²) in [6, 6.07) is 11.6. The molecule has 1 N–H and O–H groups in total. The maximum absolute atomic E-state index is 13.4. The van der Waals surface area contributed by atoms with Crippen LogP contribution in [-0.2, 0) is 0 Å². The summed E-state index contributed by atoms with van der Waals surface area (Å²) >= 11 is 0. The predicted octanol–water partition coefficient (Wildman–Crippen LogP) is 3.73. The summed E-state index contributed by atoms with van der Waals surface area (Å²) in [5.74, 6) is 0.752. The molecule has 0 radical (unpaired) electrons. The molecule has 0 bridgehead atoms. The molecule has 3 aromatic rings. The number of carbonyl (C=O) groups is 1. The molecule has 1 aliphatic rings. The molecule has 0 unspecified atom stereocenters. The number of piperazine rings is 1. The molecule has 8 heteroatoms. The smallest absolute Gasteiger partial charge is 0.323 e. The first kappa shape index (κ1) is 20.2. The van der Waals surface area contributed by atoms with Crippen molar-refractivity contribution >= 4 is 22.8 Å². The van der Waals surface area contributed by atoms with Crippen LogP contribution in [0.25, 0.3) is 16.6 Å². The minimum Gasteiger partial charge on any atom is -0.490 e. The zero-order valence-electron chi connectivity index (χ0n) is 17.4. The molecule has 1 saturated heterocycles. The average molecular weight is 411 g/mol. The Bertz CT molecular complexity index is 1040. The molecule has 0 spiro atoms. The number of hydrogen-bond donors (Lipinski definition) is 1.